The lowest BCUT2D eigenvalue weighted by molar-refractivity contribution is -0.0372. The van der Waals surface area contributed by atoms with Crippen LogP contribution in [0, 0.1) is 5.82 Å². The van der Waals surface area contributed by atoms with E-state index in [1.54, 1.807) is 0 Å². The molecule has 1 unspecified atom stereocenters. The minimum absolute atomic E-state index is 0.188. The highest BCUT2D eigenvalue weighted by molar-refractivity contribution is 5.15. The van der Waals surface area contributed by atoms with Crippen LogP contribution in [-0.4, -0.2) is 43.3 Å². The van der Waals surface area contributed by atoms with E-state index in [-0.39, 0.29) is 11.9 Å². The summed E-state index contributed by atoms with van der Waals surface area (Å²) in [5.74, 6) is -0.188. The summed E-state index contributed by atoms with van der Waals surface area (Å²) in [5.41, 5.74) is 1.10. The molecule has 0 radical (unpaired) electrons. The Kier molecular flexibility index (Phi) is 5.31. The van der Waals surface area contributed by atoms with Crippen LogP contribution >= 0.6 is 0 Å². The van der Waals surface area contributed by atoms with Crippen molar-refractivity contribution in [3.63, 3.8) is 0 Å². The van der Waals surface area contributed by atoms with Crippen molar-refractivity contribution in [3.05, 3.63) is 35.6 Å². The first-order valence-electron chi connectivity index (χ1n) is 6.96. The van der Waals surface area contributed by atoms with E-state index in [0.29, 0.717) is 6.04 Å². The van der Waals surface area contributed by atoms with Crippen molar-refractivity contribution in [3.8, 4) is 0 Å². The monoisotopic (exact) mass is 266 g/mol. The molecule has 0 bridgehead atoms. The molecule has 1 atom stereocenters. The van der Waals surface area contributed by atoms with Gasteiger partial charge in [-0.2, -0.15) is 0 Å². The standard InChI is InChI=1S/C15H23FN2O/c1-12(2)18-7-8-19-15(11-18)10-17-9-13-3-5-14(16)6-4-13/h3-6,12,15,17H,7-11H2,1-2H3. The lowest BCUT2D eigenvalue weighted by Gasteiger charge is -2.35. The van der Waals surface area contributed by atoms with Gasteiger partial charge >= 0.3 is 0 Å². The number of nitrogens with zero attached hydrogens (tertiary/aromatic N) is 1. The van der Waals surface area contributed by atoms with Crippen LogP contribution in [-0.2, 0) is 11.3 Å². The number of rotatable bonds is 5. The summed E-state index contributed by atoms with van der Waals surface area (Å²) < 4.78 is 18.5. The predicted octanol–water partition coefficient (Wildman–Crippen LogP) is 2.02. The number of nitrogens with one attached hydrogen (secondary N) is 1. The second-order valence-corrected chi connectivity index (χ2v) is 5.34. The van der Waals surface area contributed by atoms with Crippen molar-refractivity contribution in [1.82, 2.24) is 10.2 Å². The lowest BCUT2D eigenvalue weighted by Crippen LogP contribution is -2.48. The van der Waals surface area contributed by atoms with E-state index < -0.39 is 0 Å². The number of hydrogen-bond acceptors (Lipinski definition) is 3. The number of halogens is 1. The third kappa shape index (κ3) is 4.56. The van der Waals surface area contributed by atoms with Crippen LogP contribution in [0.2, 0.25) is 0 Å². The van der Waals surface area contributed by atoms with Gasteiger partial charge in [0.05, 0.1) is 12.7 Å². The smallest absolute Gasteiger partial charge is 0.123 e. The van der Waals surface area contributed by atoms with Crippen molar-refractivity contribution < 1.29 is 9.13 Å². The van der Waals surface area contributed by atoms with Crippen LogP contribution in [0.1, 0.15) is 19.4 Å². The molecule has 1 saturated heterocycles. The zero-order valence-corrected chi connectivity index (χ0v) is 11.7. The second kappa shape index (κ2) is 6.98. The summed E-state index contributed by atoms with van der Waals surface area (Å²) in [5, 5.41) is 3.38. The van der Waals surface area contributed by atoms with Crippen molar-refractivity contribution in [2.75, 3.05) is 26.2 Å². The molecule has 1 heterocycles. The summed E-state index contributed by atoms with van der Waals surface area (Å²) >= 11 is 0. The maximum absolute atomic E-state index is 12.8. The Morgan fingerprint density at radius 1 is 1.37 bits per heavy atom. The second-order valence-electron chi connectivity index (χ2n) is 5.34. The van der Waals surface area contributed by atoms with Gasteiger partial charge in [-0.15, -0.1) is 0 Å². The Hall–Kier alpha value is -0.970. The van der Waals surface area contributed by atoms with Crippen LogP contribution in [0.5, 0.6) is 0 Å². The van der Waals surface area contributed by atoms with Gasteiger partial charge in [-0.3, -0.25) is 4.90 Å². The molecule has 1 aliphatic rings. The van der Waals surface area contributed by atoms with E-state index >= 15 is 0 Å². The third-order valence-corrected chi connectivity index (χ3v) is 3.51. The van der Waals surface area contributed by atoms with Gasteiger partial charge in [0.25, 0.3) is 0 Å². The highest BCUT2D eigenvalue weighted by Gasteiger charge is 2.21. The van der Waals surface area contributed by atoms with E-state index in [0.717, 1.165) is 38.3 Å². The molecule has 0 spiro atoms. The molecule has 1 N–H and O–H groups in total. The van der Waals surface area contributed by atoms with Gasteiger partial charge < -0.3 is 10.1 Å². The molecule has 4 heteroatoms. The highest BCUT2D eigenvalue weighted by atomic mass is 19.1. The molecule has 2 rings (SSSR count). The Bertz CT molecular complexity index is 380. The summed E-state index contributed by atoms with van der Waals surface area (Å²) in [7, 11) is 0. The van der Waals surface area contributed by atoms with Crippen molar-refractivity contribution in [2.45, 2.75) is 32.5 Å². The van der Waals surface area contributed by atoms with Gasteiger partial charge in [-0.1, -0.05) is 12.1 Å². The van der Waals surface area contributed by atoms with Gasteiger partial charge in [0.2, 0.25) is 0 Å². The molecule has 0 aliphatic carbocycles. The van der Waals surface area contributed by atoms with E-state index in [1.807, 2.05) is 12.1 Å². The summed E-state index contributed by atoms with van der Waals surface area (Å²) in [4.78, 5) is 2.44. The van der Waals surface area contributed by atoms with Gasteiger partial charge in [0.1, 0.15) is 5.82 Å². The van der Waals surface area contributed by atoms with Crippen LogP contribution in [0.4, 0.5) is 4.39 Å². The molecule has 1 fully saturated rings. The molecule has 0 amide bonds. The van der Waals surface area contributed by atoms with Gasteiger partial charge in [-0.25, -0.2) is 4.39 Å². The topological polar surface area (TPSA) is 24.5 Å². The Morgan fingerprint density at radius 2 is 2.11 bits per heavy atom. The van der Waals surface area contributed by atoms with E-state index in [4.69, 9.17) is 4.74 Å². The first kappa shape index (κ1) is 14.4. The molecule has 3 nitrogen and oxygen atoms in total. The van der Waals surface area contributed by atoms with Crippen molar-refractivity contribution >= 4 is 0 Å². The van der Waals surface area contributed by atoms with Crippen LogP contribution in [0.3, 0.4) is 0 Å². The number of morpholine rings is 1. The van der Waals surface area contributed by atoms with Gasteiger partial charge in [-0.05, 0) is 31.5 Å². The maximum Gasteiger partial charge on any atom is 0.123 e. The first-order valence-corrected chi connectivity index (χ1v) is 6.96. The highest BCUT2D eigenvalue weighted by Crippen LogP contribution is 2.08. The largest absolute Gasteiger partial charge is 0.374 e. The Morgan fingerprint density at radius 3 is 2.79 bits per heavy atom. The first-order chi connectivity index (χ1) is 9.15. The van der Waals surface area contributed by atoms with Crippen LogP contribution < -0.4 is 5.32 Å². The minimum atomic E-state index is -0.188. The fourth-order valence-corrected chi connectivity index (χ4v) is 2.31. The van der Waals surface area contributed by atoms with Gasteiger partial charge in [0, 0.05) is 32.2 Å². The van der Waals surface area contributed by atoms with Crippen molar-refractivity contribution in [1.29, 1.82) is 0 Å². The molecular formula is C15H23FN2O. The Labute approximate surface area is 114 Å². The number of benzene rings is 1. The normalized spacial score (nSPS) is 20.9. The summed E-state index contributed by atoms with van der Waals surface area (Å²) in [6.45, 7) is 8.83. The van der Waals surface area contributed by atoms with Crippen LogP contribution in [0.25, 0.3) is 0 Å². The zero-order valence-electron chi connectivity index (χ0n) is 11.7. The van der Waals surface area contributed by atoms with E-state index in [2.05, 4.69) is 24.1 Å². The van der Waals surface area contributed by atoms with E-state index in [1.165, 1.54) is 12.1 Å². The average molecular weight is 266 g/mol. The molecule has 19 heavy (non-hydrogen) atoms. The Balaban J connectivity index is 1.72. The number of hydrogen-bond donors (Lipinski definition) is 1. The SMILES string of the molecule is CC(C)N1CCOC(CNCc2ccc(F)cc2)C1. The zero-order chi connectivity index (χ0) is 13.7. The summed E-state index contributed by atoms with van der Waals surface area (Å²) in [6.07, 6.45) is 0.247. The molecule has 1 aromatic rings. The molecule has 1 aromatic carbocycles. The molecule has 1 aliphatic heterocycles. The summed E-state index contributed by atoms with van der Waals surface area (Å²) in [6, 6.07) is 7.18. The molecule has 0 saturated carbocycles. The van der Waals surface area contributed by atoms with Crippen LogP contribution in [0.15, 0.2) is 24.3 Å². The molecular weight excluding hydrogens is 243 g/mol. The van der Waals surface area contributed by atoms with E-state index in [9.17, 15) is 4.39 Å². The molecule has 106 valence electrons. The maximum atomic E-state index is 12.8. The molecule has 0 aromatic heterocycles. The minimum Gasteiger partial charge on any atom is -0.374 e. The average Bonchev–Trinajstić information content (AvgIpc) is 2.41. The number of ether oxygens (including phenoxy) is 1. The fourth-order valence-electron chi connectivity index (χ4n) is 2.31. The fraction of sp³-hybridized carbons (Fsp3) is 0.600. The van der Waals surface area contributed by atoms with Gasteiger partial charge in [0.15, 0.2) is 0 Å². The third-order valence-electron chi connectivity index (χ3n) is 3.51. The predicted molar refractivity (Wildman–Crippen MR) is 74.6 cm³/mol. The quantitative estimate of drug-likeness (QED) is 0.882. The lowest BCUT2D eigenvalue weighted by atomic mass is 10.2. The van der Waals surface area contributed by atoms with Crippen molar-refractivity contribution in [2.24, 2.45) is 0 Å².